The van der Waals surface area contributed by atoms with Crippen molar-refractivity contribution in [3.8, 4) is 5.75 Å². The predicted octanol–water partition coefficient (Wildman–Crippen LogP) is 2.78. The number of rotatable bonds is 6. The number of oxime groups is 1. The molecule has 0 N–H and O–H groups in total. The van der Waals surface area contributed by atoms with Crippen LogP contribution in [-0.4, -0.2) is 45.0 Å². The topological polar surface area (TPSA) is 34.1 Å². The van der Waals surface area contributed by atoms with Crippen molar-refractivity contribution in [3.05, 3.63) is 29.8 Å². The Labute approximate surface area is 121 Å². The molecule has 0 aliphatic carbocycles. The van der Waals surface area contributed by atoms with Gasteiger partial charge in [-0.1, -0.05) is 5.16 Å². The zero-order valence-corrected chi connectivity index (χ0v) is 12.4. The maximum absolute atomic E-state index is 5.81. The van der Waals surface area contributed by atoms with E-state index in [9.17, 15) is 0 Å². The number of hydrogen-bond acceptors (Lipinski definition) is 4. The lowest BCUT2D eigenvalue weighted by atomic mass is 9.94. The first-order valence-corrected chi connectivity index (χ1v) is 7.26. The SMILES string of the molecule is CO/N=C\c1ccc(OCCC2CCN(C)CC2)cc1. The van der Waals surface area contributed by atoms with Crippen molar-refractivity contribution in [1.82, 2.24) is 4.90 Å². The summed E-state index contributed by atoms with van der Waals surface area (Å²) in [5.41, 5.74) is 1.01. The lowest BCUT2D eigenvalue weighted by molar-refractivity contribution is 0.187. The zero-order chi connectivity index (χ0) is 14.2. The molecule has 0 unspecified atom stereocenters. The highest BCUT2D eigenvalue weighted by molar-refractivity contribution is 5.79. The third kappa shape index (κ3) is 4.85. The third-order valence-electron chi connectivity index (χ3n) is 3.82. The van der Waals surface area contributed by atoms with E-state index in [1.54, 1.807) is 6.21 Å². The van der Waals surface area contributed by atoms with Gasteiger partial charge in [0.2, 0.25) is 0 Å². The average molecular weight is 276 g/mol. The third-order valence-corrected chi connectivity index (χ3v) is 3.82. The molecule has 1 saturated heterocycles. The van der Waals surface area contributed by atoms with E-state index in [0.29, 0.717) is 0 Å². The first-order chi connectivity index (χ1) is 9.78. The first-order valence-electron chi connectivity index (χ1n) is 7.26. The molecule has 1 aromatic rings. The smallest absolute Gasteiger partial charge is 0.119 e. The van der Waals surface area contributed by atoms with Gasteiger partial charge in [-0.3, -0.25) is 0 Å². The van der Waals surface area contributed by atoms with Gasteiger partial charge in [0.15, 0.2) is 0 Å². The fourth-order valence-electron chi connectivity index (χ4n) is 2.46. The van der Waals surface area contributed by atoms with Crippen LogP contribution in [0.2, 0.25) is 0 Å². The molecule has 4 nitrogen and oxygen atoms in total. The van der Waals surface area contributed by atoms with Gasteiger partial charge in [0, 0.05) is 0 Å². The number of piperidine rings is 1. The molecule has 0 spiro atoms. The molecule has 1 aliphatic rings. The summed E-state index contributed by atoms with van der Waals surface area (Å²) < 4.78 is 5.81. The summed E-state index contributed by atoms with van der Waals surface area (Å²) in [5.74, 6) is 1.74. The van der Waals surface area contributed by atoms with E-state index in [4.69, 9.17) is 4.74 Å². The molecule has 0 radical (unpaired) electrons. The van der Waals surface area contributed by atoms with Crippen LogP contribution in [-0.2, 0) is 4.84 Å². The minimum Gasteiger partial charge on any atom is -0.494 e. The average Bonchev–Trinajstić information content (AvgIpc) is 2.48. The van der Waals surface area contributed by atoms with Gasteiger partial charge < -0.3 is 14.5 Å². The van der Waals surface area contributed by atoms with Crippen molar-refractivity contribution in [1.29, 1.82) is 0 Å². The second-order valence-corrected chi connectivity index (χ2v) is 5.37. The molecule has 0 saturated carbocycles. The van der Waals surface area contributed by atoms with E-state index in [-0.39, 0.29) is 0 Å². The van der Waals surface area contributed by atoms with Crippen LogP contribution in [0.3, 0.4) is 0 Å². The lowest BCUT2D eigenvalue weighted by Gasteiger charge is -2.28. The van der Waals surface area contributed by atoms with Crippen LogP contribution in [0.15, 0.2) is 29.4 Å². The largest absolute Gasteiger partial charge is 0.494 e. The van der Waals surface area contributed by atoms with Gasteiger partial charge >= 0.3 is 0 Å². The lowest BCUT2D eigenvalue weighted by Crippen LogP contribution is -2.30. The van der Waals surface area contributed by atoms with Gasteiger partial charge in [0.05, 0.1) is 12.8 Å². The Morgan fingerprint density at radius 2 is 1.95 bits per heavy atom. The quantitative estimate of drug-likeness (QED) is 0.592. The Morgan fingerprint density at radius 3 is 2.60 bits per heavy atom. The molecule has 2 rings (SSSR count). The van der Waals surface area contributed by atoms with Crippen molar-refractivity contribution in [2.75, 3.05) is 33.9 Å². The minimum absolute atomic E-state index is 0.805. The molecule has 0 atom stereocenters. The standard InChI is InChI=1S/C16H24N2O2/c1-18-10-7-14(8-11-18)9-12-20-16-5-3-15(4-6-16)13-17-19-2/h3-6,13-14H,7-12H2,1-2H3/b17-13-. The fourth-order valence-corrected chi connectivity index (χ4v) is 2.46. The maximum Gasteiger partial charge on any atom is 0.119 e. The highest BCUT2D eigenvalue weighted by atomic mass is 16.6. The monoisotopic (exact) mass is 276 g/mol. The van der Waals surface area contributed by atoms with Crippen molar-refractivity contribution >= 4 is 6.21 Å². The van der Waals surface area contributed by atoms with Crippen LogP contribution in [0.4, 0.5) is 0 Å². The number of nitrogens with zero attached hydrogens (tertiary/aromatic N) is 2. The highest BCUT2D eigenvalue weighted by Gasteiger charge is 2.16. The molecule has 110 valence electrons. The summed E-state index contributed by atoms with van der Waals surface area (Å²) in [4.78, 5) is 7.05. The van der Waals surface area contributed by atoms with Crippen LogP contribution in [0.1, 0.15) is 24.8 Å². The van der Waals surface area contributed by atoms with E-state index in [1.165, 1.54) is 33.0 Å². The number of benzene rings is 1. The fraction of sp³-hybridized carbons (Fsp3) is 0.562. The molecular formula is C16H24N2O2. The van der Waals surface area contributed by atoms with Gasteiger partial charge in [-0.25, -0.2) is 0 Å². The second kappa shape index (κ2) is 7.90. The number of hydrogen-bond donors (Lipinski definition) is 0. The molecule has 0 aromatic heterocycles. The van der Waals surface area contributed by atoms with E-state index in [1.807, 2.05) is 24.3 Å². The number of likely N-dealkylation sites (tertiary alicyclic amines) is 1. The van der Waals surface area contributed by atoms with Gasteiger partial charge in [0.25, 0.3) is 0 Å². The summed E-state index contributed by atoms with van der Waals surface area (Å²) >= 11 is 0. The molecule has 1 aromatic carbocycles. The first kappa shape index (κ1) is 14.9. The zero-order valence-electron chi connectivity index (χ0n) is 12.4. The molecule has 1 heterocycles. The Morgan fingerprint density at radius 1 is 1.25 bits per heavy atom. The highest BCUT2D eigenvalue weighted by Crippen LogP contribution is 2.20. The van der Waals surface area contributed by atoms with Crippen LogP contribution in [0, 0.1) is 5.92 Å². The molecule has 4 heteroatoms. The van der Waals surface area contributed by atoms with Crippen LogP contribution in [0.5, 0.6) is 5.75 Å². The van der Waals surface area contributed by atoms with E-state index < -0.39 is 0 Å². The van der Waals surface area contributed by atoms with Crippen molar-refractivity contribution in [3.63, 3.8) is 0 Å². The van der Waals surface area contributed by atoms with E-state index in [0.717, 1.165) is 30.3 Å². The molecule has 20 heavy (non-hydrogen) atoms. The Balaban J connectivity index is 1.70. The van der Waals surface area contributed by atoms with Crippen molar-refractivity contribution in [2.24, 2.45) is 11.1 Å². The Bertz CT molecular complexity index is 409. The summed E-state index contributed by atoms with van der Waals surface area (Å²) in [5, 5.41) is 3.73. The molecular weight excluding hydrogens is 252 g/mol. The predicted molar refractivity (Wildman–Crippen MR) is 81.4 cm³/mol. The van der Waals surface area contributed by atoms with E-state index >= 15 is 0 Å². The van der Waals surface area contributed by atoms with Crippen molar-refractivity contribution in [2.45, 2.75) is 19.3 Å². The molecule has 1 fully saturated rings. The maximum atomic E-state index is 5.81. The van der Waals surface area contributed by atoms with Gasteiger partial charge in [-0.2, -0.15) is 0 Å². The second-order valence-electron chi connectivity index (χ2n) is 5.37. The van der Waals surface area contributed by atoms with Gasteiger partial charge in [0.1, 0.15) is 12.9 Å². The molecule has 1 aliphatic heterocycles. The minimum atomic E-state index is 0.805. The number of ether oxygens (including phenoxy) is 1. The normalized spacial score (nSPS) is 17.5. The van der Waals surface area contributed by atoms with Gasteiger partial charge in [-0.15, -0.1) is 0 Å². The summed E-state index contributed by atoms with van der Waals surface area (Å²) in [7, 11) is 3.73. The van der Waals surface area contributed by atoms with Crippen LogP contribution < -0.4 is 4.74 Å². The summed E-state index contributed by atoms with van der Waals surface area (Å²) in [6, 6.07) is 7.91. The van der Waals surface area contributed by atoms with Crippen LogP contribution in [0.25, 0.3) is 0 Å². The molecule has 0 amide bonds. The van der Waals surface area contributed by atoms with Gasteiger partial charge in [-0.05, 0) is 75.1 Å². The van der Waals surface area contributed by atoms with Crippen LogP contribution >= 0.6 is 0 Å². The van der Waals surface area contributed by atoms with Crippen molar-refractivity contribution < 1.29 is 9.57 Å². The van der Waals surface area contributed by atoms with E-state index in [2.05, 4.69) is 21.9 Å². The Kier molecular flexibility index (Phi) is 5.87. The summed E-state index contributed by atoms with van der Waals surface area (Å²) in [6.45, 7) is 3.25. The Hall–Kier alpha value is -1.55. The summed E-state index contributed by atoms with van der Waals surface area (Å²) in [6.07, 6.45) is 5.43. The molecule has 0 bridgehead atoms.